The third-order valence-electron chi connectivity index (χ3n) is 3.19. The van der Waals surface area contributed by atoms with Crippen LogP contribution >= 0.6 is 23.2 Å². The fraction of sp³-hybridized carbons (Fsp3) is 0.500. The molecule has 0 atom stereocenters. The van der Waals surface area contributed by atoms with Gasteiger partial charge in [0.2, 0.25) is 0 Å². The van der Waals surface area contributed by atoms with Crippen LogP contribution in [0.1, 0.15) is 34.1 Å². The van der Waals surface area contributed by atoms with Gasteiger partial charge in [-0.05, 0) is 52.3 Å². The van der Waals surface area contributed by atoms with Crippen molar-refractivity contribution in [2.24, 2.45) is 5.41 Å². The number of hydrogen-bond donors (Lipinski definition) is 2. The number of carboxylic acid groups (broad SMARTS) is 1. The Hall–Kier alpha value is -1.46. The van der Waals surface area contributed by atoms with Crippen LogP contribution < -0.4 is 10.1 Å². The Morgan fingerprint density at radius 1 is 1.22 bits per heavy atom. The van der Waals surface area contributed by atoms with Gasteiger partial charge < -0.3 is 15.2 Å². The van der Waals surface area contributed by atoms with Gasteiger partial charge in [-0.1, -0.05) is 23.2 Å². The number of aliphatic carboxylic acids is 1. The molecule has 1 aromatic carbocycles. The lowest BCUT2D eigenvalue weighted by atomic mass is 9.80. The summed E-state index contributed by atoms with van der Waals surface area (Å²) in [6.07, 6.45) is 0.281. The average Bonchev–Trinajstić information content (AvgIpc) is 2.35. The topological polar surface area (TPSA) is 75.6 Å². The number of carbonyl (C=O) groups is 2. The van der Waals surface area contributed by atoms with Crippen LogP contribution in [0.2, 0.25) is 10.0 Å². The Balaban J connectivity index is 2.60. The lowest BCUT2D eigenvalue weighted by Crippen LogP contribution is -2.49. The van der Waals surface area contributed by atoms with E-state index >= 15 is 0 Å². The summed E-state index contributed by atoms with van der Waals surface area (Å²) in [5.41, 5.74) is -1.64. The standard InChI is InChI=1S/C16H21Cl2NO4/c1-15(2,14(21)22)9-16(3,4)19-13(20)8-23-12-6-5-10(17)7-11(12)18/h5-7H,8-9H2,1-4H3,(H,19,20)(H,21,22). The first kappa shape index (κ1) is 19.6. The van der Waals surface area contributed by atoms with Crippen LogP contribution in [-0.2, 0) is 9.59 Å². The minimum absolute atomic E-state index is 0.224. The summed E-state index contributed by atoms with van der Waals surface area (Å²) in [5.74, 6) is -0.916. The summed E-state index contributed by atoms with van der Waals surface area (Å²) in [4.78, 5) is 23.2. The van der Waals surface area contributed by atoms with Crippen molar-refractivity contribution >= 4 is 35.1 Å². The highest BCUT2D eigenvalue weighted by Gasteiger charge is 2.35. The van der Waals surface area contributed by atoms with Crippen LogP contribution in [0.3, 0.4) is 0 Å². The molecule has 0 fully saturated rings. The highest BCUT2D eigenvalue weighted by atomic mass is 35.5. The Labute approximate surface area is 145 Å². The first-order valence-electron chi connectivity index (χ1n) is 7.05. The second-order valence-electron chi connectivity index (χ2n) is 6.66. The molecular formula is C16H21Cl2NO4. The van der Waals surface area contributed by atoms with Crippen molar-refractivity contribution < 1.29 is 19.4 Å². The predicted octanol–water partition coefficient (Wildman–Crippen LogP) is 3.77. The van der Waals surface area contributed by atoms with Gasteiger partial charge >= 0.3 is 5.97 Å². The van der Waals surface area contributed by atoms with Gasteiger partial charge in [0.15, 0.2) is 6.61 Å². The molecule has 0 radical (unpaired) electrons. The van der Waals surface area contributed by atoms with E-state index in [1.165, 1.54) is 6.07 Å². The highest BCUT2D eigenvalue weighted by molar-refractivity contribution is 6.35. The number of amides is 1. The number of carbonyl (C=O) groups excluding carboxylic acids is 1. The van der Waals surface area contributed by atoms with Gasteiger partial charge in [-0.15, -0.1) is 0 Å². The molecule has 0 unspecified atom stereocenters. The van der Waals surface area contributed by atoms with Gasteiger partial charge in [0.25, 0.3) is 5.91 Å². The molecule has 0 saturated carbocycles. The molecule has 0 heterocycles. The summed E-state index contributed by atoms with van der Waals surface area (Å²) in [5, 5.41) is 12.7. The summed E-state index contributed by atoms with van der Waals surface area (Å²) >= 11 is 11.7. The molecule has 5 nitrogen and oxygen atoms in total. The van der Waals surface area contributed by atoms with E-state index in [9.17, 15) is 14.7 Å². The summed E-state index contributed by atoms with van der Waals surface area (Å²) in [7, 11) is 0. The molecule has 1 rings (SSSR count). The lowest BCUT2D eigenvalue weighted by molar-refractivity contribution is -0.148. The summed E-state index contributed by atoms with van der Waals surface area (Å²) < 4.78 is 5.36. The van der Waals surface area contributed by atoms with Crippen LogP contribution in [0.15, 0.2) is 18.2 Å². The zero-order valence-corrected chi connectivity index (χ0v) is 15.1. The van der Waals surface area contributed by atoms with Crippen molar-refractivity contribution in [1.29, 1.82) is 0 Å². The van der Waals surface area contributed by atoms with Crippen LogP contribution in [0.5, 0.6) is 5.75 Å². The zero-order chi connectivity index (χ0) is 17.8. The number of halogens is 2. The van der Waals surface area contributed by atoms with Crippen LogP contribution in [0.4, 0.5) is 0 Å². The van der Waals surface area contributed by atoms with E-state index < -0.39 is 16.9 Å². The SMILES string of the molecule is CC(C)(CC(C)(C)C(=O)O)NC(=O)COc1ccc(Cl)cc1Cl. The third kappa shape index (κ3) is 6.28. The van der Waals surface area contributed by atoms with Gasteiger partial charge in [-0.25, -0.2) is 0 Å². The quantitative estimate of drug-likeness (QED) is 0.774. The molecule has 0 aromatic heterocycles. The molecule has 0 aliphatic heterocycles. The maximum absolute atomic E-state index is 12.0. The maximum atomic E-state index is 12.0. The minimum Gasteiger partial charge on any atom is -0.482 e. The fourth-order valence-electron chi connectivity index (χ4n) is 2.37. The molecule has 1 amide bonds. The molecular weight excluding hydrogens is 341 g/mol. The first-order valence-corrected chi connectivity index (χ1v) is 7.81. The molecule has 0 spiro atoms. The Morgan fingerprint density at radius 2 is 1.83 bits per heavy atom. The largest absolute Gasteiger partial charge is 0.482 e. The van der Waals surface area contributed by atoms with E-state index in [1.54, 1.807) is 39.8 Å². The average molecular weight is 362 g/mol. The van der Waals surface area contributed by atoms with Crippen molar-refractivity contribution in [3.05, 3.63) is 28.2 Å². The van der Waals surface area contributed by atoms with Gasteiger partial charge in [-0.3, -0.25) is 9.59 Å². The summed E-state index contributed by atoms with van der Waals surface area (Å²) in [6.45, 7) is 6.55. The van der Waals surface area contributed by atoms with Crippen molar-refractivity contribution in [2.75, 3.05) is 6.61 Å². The Morgan fingerprint density at radius 3 is 2.35 bits per heavy atom. The van der Waals surface area contributed by atoms with Crippen molar-refractivity contribution in [3.63, 3.8) is 0 Å². The molecule has 0 aliphatic rings. The van der Waals surface area contributed by atoms with Gasteiger partial charge in [-0.2, -0.15) is 0 Å². The number of carboxylic acids is 1. The number of benzene rings is 1. The zero-order valence-electron chi connectivity index (χ0n) is 13.6. The lowest BCUT2D eigenvalue weighted by Gasteiger charge is -2.33. The maximum Gasteiger partial charge on any atom is 0.309 e. The van der Waals surface area contributed by atoms with Crippen LogP contribution in [-0.4, -0.2) is 29.1 Å². The van der Waals surface area contributed by atoms with Crippen molar-refractivity contribution in [3.8, 4) is 5.75 Å². The number of nitrogens with one attached hydrogen (secondary N) is 1. The molecule has 7 heteroatoms. The van der Waals surface area contributed by atoms with Gasteiger partial charge in [0.1, 0.15) is 5.75 Å². The molecule has 2 N–H and O–H groups in total. The van der Waals surface area contributed by atoms with E-state index in [0.717, 1.165) is 0 Å². The molecule has 0 bridgehead atoms. The Bertz CT molecular complexity index is 600. The van der Waals surface area contributed by atoms with Crippen molar-refractivity contribution in [1.82, 2.24) is 5.32 Å². The first-order chi connectivity index (χ1) is 10.4. The van der Waals surface area contributed by atoms with E-state index in [4.69, 9.17) is 27.9 Å². The Kier molecular flexibility index (Phi) is 6.31. The van der Waals surface area contributed by atoms with Crippen LogP contribution in [0.25, 0.3) is 0 Å². The second-order valence-corrected chi connectivity index (χ2v) is 7.50. The van der Waals surface area contributed by atoms with E-state index in [1.807, 2.05) is 0 Å². The van der Waals surface area contributed by atoms with E-state index in [0.29, 0.717) is 15.8 Å². The van der Waals surface area contributed by atoms with Gasteiger partial charge in [0.05, 0.1) is 10.4 Å². The van der Waals surface area contributed by atoms with Crippen molar-refractivity contribution in [2.45, 2.75) is 39.7 Å². The van der Waals surface area contributed by atoms with E-state index in [-0.39, 0.29) is 18.9 Å². The predicted molar refractivity (Wildman–Crippen MR) is 90.2 cm³/mol. The number of ether oxygens (including phenoxy) is 1. The summed E-state index contributed by atoms with van der Waals surface area (Å²) in [6, 6.07) is 4.71. The molecule has 1 aromatic rings. The molecule has 23 heavy (non-hydrogen) atoms. The third-order valence-corrected chi connectivity index (χ3v) is 3.72. The normalized spacial score (nSPS) is 11.9. The number of hydrogen-bond acceptors (Lipinski definition) is 3. The minimum atomic E-state index is -0.947. The second kappa shape index (κ2) is 7.41. The highest BCUT2D eigenvalue weighted by Crippen LogP contribution is 2.29. The van der Waals surface area contributed by atoms with Crippen LogP contribution in [0, 0.1) is 5.41 Å². The van der Waals surface area contributed by atoms with E-state index in [2.05, 4.69) is 5.32 Å². The van der Waals surface area contributed by atoms with Gasteiger partial charge in [0, 0.05) is 10.6 Å². The fourth-order valence-corrected chi connectivity index (χ4v) is 2.84. The monoisotopic (exact) mass is 361 g/mol. The smallest absolute Gasteiger partial charge is 0.309 e. The molecule has 128 valence electrons. The number of rotatable bonds is 7. The molecule has 0 saturated heterocycles. The molecule has 0 aliphatic carbocycles.